The van der Waals surface area contributed by atoms with Crippen LogP contribution in [0.1, 0.15) is 17.2 Å². The van der Waals surface area contributed by atoms with Gasteiger partial charge in [0.15, 0.2) is 0 Å². The van der Waals surface area contributed by atoms with Crippen LogP contribution in [-0.4, -0.2) is 16.6 Å². The van der Waals surface area contributed by atoms with Gasteiger partial charge in [0, 0.05) is 6.07 Å². The minimum atomic E-state index is -0.940. The first kappa shape index (κ1) is 14.9. The largest absolute Gasteiger partial charge is 0.490 e. The summed E-state index contributed by atoms with van der Waals surface area (Å²) in [6.45, 7) is 1.61. The van der Waals surface area contributed by atoms with Gasteiger partial charge in [-0.05, 0) is 36.2 Å². The number of hydrogen-bond donors (Lipinski definition) is 1. The molecule has 2 aromatic carbocycles. The lowest BCUT2D eigenvalue weighted by Crippen LogP contribution is -2.11. The summed E-state index contributed by atoms with van der Waals surface area (Å²) in [5.74, 6) is -0.0777. The van der Waals surface area contributed by atoms with Crippen LogP contribution in [0, 0.1) is 22.9 Å². The number of nitrogens with zero attached hydrogens (tertiary/aromatic N) is 1. The Morgan fingerprint density at radius 3 is 2.76 bits per heavy atom. The number of halogens is 1. The van der Waals surface area contributed by atoms with Crippen LogP contribution < -0.4 is 4.74 Å². The number of rotatable bonds is 5. The number of aliphatic hydroxyl groups is 1. The number of nitro groups is 1. The Bertz CT molecular complexity index is 660. The molecule has 110 valence electrons. The zero-order valence-electron chi connectivity index (χ0n) is 11.3. The molecule has 0 aliphatic heterocycles. The van der Waals surface area contributed by atoms with Crippen molar-refractivity contribution in [3.8, 4) is 5.75 Å². The summed E-state index contributed by atoms with van der Waals surface area (Å²) in [4.78, 5) is 10.1. The van der Waals surface area contributed by atoms with Gasteiger partial charge in [-0.15, -0.1) is 0 Å². The maximum atomic E-state index is 13.0. The second-order valence-electron chi connectivity index (χ2n) is 4.58. The maximum absolute atomic E-state index is 13.0. The molecule has 0 saturated carbocycles. The predicted octanol–water partition coefficient (Wildman–Crippen LogP) is 3.15. The Balaban J connectivity index is 2.05. The molecule has 6 heteroatoms. The number of benzene rings is 2. The molecule has 2 rings (SSSR count). The predicted molar refractivity (Wildman–Crippen MR) is 74.7 cm³/mol. The lowest BCUT2D eigenvalue weighted by atomic mass is 10.0. The van der Waals surface area contributed by atoms with E-state index < -0.39 is 11.0 Å². The SMILES string of the molecule is Cc1cc(F)ccc1C(O)COc1cccc([N+](=O)[O-])c1. The second kappa shape index (κ2) is 6.32. The van der Waals surface area contributed by atoms with Crippen molar-refractivity contribution in [1.82, 2.24) is 0 Å². The molecule has 0 aromatic heterocycles. The standard InChI is InChI=1S/C15H14FNO4/c1-10-7-11(16)5-6-14(10)15(18)9-21-13-4-2-3-12(8-13)17(19)20/h2-8,15,18H,9H2,1H3. The van der Waals surface area contributed by atoms with Gasteiger partial charge in [0.2, 0.25) is 0 Å². The third-order valence-electron chi connectivity index (χ3n) is 3.03. The number of aryl methyl sites for hydroxylation is 1. The monoisotopic (exact) mass is 291 g/mol. The first-order valence-corrected chi connectivity index (χ1v) is 6.29. The highest BCUT2D eigenvalue weighted by atomic mass is 19.1. The van der Waals surface area contributed by atoms with Crippen LogP contribution >= 0.6 is 0 Å². The Labute approximate surface area is 120 Å². The minimum Gasteiger partial charge on any atom is -0.490 e. The van der Waals surface area contributed by atoms with Gasteiger partial charge >= 0.3 is 0 Å². The molecule has 5 nitrogen and oxygen atoms in total. The minimum absolute atomic E-state index is 0.0758. The summed E-state index contributed by atoms with van der Waals surface area (Å²) >= 11 is 0. The molecule has 0 amide bonds. The van der Waals surface area contributed by atoms with Crippen molar-refractivity contribution in [3.63, 3.8) is 0 Å². The van der Waals surface area contributed by atoms with Gasteiger partial charge in [-0.2, -0.15) is 0 Å². The smallest absolute Gasteiger partial charge is 0.273 e. The topological polar surface area (TPSA) is 72.6 Å². The van der Waals surface area contributed by atoms with E-state index >= 15 is 0 Å². The number of aliphatic hydroxyl groups excluding tert-OH is 1. The van der Waals surface area contributed by atoms with Gasteiger partial charge in [-0.3, -0.25) is 10.1 Å². The summed E-state index contributed by atoms with van der Waals surface area (Å²) in [5.41, 5.74) is 1.09. The van der Waals surface area contributed by atoms with Crippen molar-refractivity contribution >= 4 is 5.69 Å². The third kappa shape index (κ3) is 3.76. The fourth-order valence-corrected chi connectivity index (χ4v) is 1.96. The quantitative estimate of drug-likeness (QED) is 0.678. The van der Waals surface area contributed by atoms with E-state index in [1.165, 1.54) is 36.4 Å². The molecule has 1 atom stereocenters. The van der Waals surface area contributed by atoms with Gasteiger partial charge in [0.25, 0.3) is 5.69 Å². The number of ether oxygens (including phenoxy) is 1. The van der Waals surface area contributed by atoms with Crippen molar-refractivity contribution in [2.45, 2.75) is 13.0 Å². The van der Waals surface area contributed by atoms with Crippen molar-refractivity contribution in [1.29, 1.82) is 0 Å². The van der Waals surface area contributed by atoms with E-state index in [0.29, 0.717) is 16.9 Å². The molecule has 0 aliphatic carbocycles. The Morgan fingerprint density at radius 1 is 1.33 bits per heavy atom. The first-order valence-electron chi connectivity index (χ1n) is 6.29. The average Bonchev–Trinajstić information content (AvgIpc) is 2.45. The lowest BCUT2D eigenvalue weighted by molar-refractivity contribution is -0.384. The van der Waals surface area contributed by atoms with Crippen molar-refractivity contribution in [2.24, 2.45) is 0 Å². The molecule has 1 unspecified atom stereocenters. The molecule has 2 aromatic rings. The highest BCUT2D eigenvalue weighted by molar-refractivity contribution is 5.38. The molecule has 0 aliphatic rings. The number of non-ortho nitro benzene ring substituents is 1. The molecule has 0 bridgehead atoms. The van der Waals surface area contributed by atoms with E-state index in [4.69, 9.17) is 4.74 Å². The van der Waals surface area contributed by atoms with E-state index in [2.05, 4.69) is 0 Å². The summed E-state index contributed by atoms with van der Waals surface area (Å²) in [7, 11) is 0. The normalized spacial score (nSPS) is 12.0. The molecule has 0 heterocycles. The second-order valence-corrected chi connectivity index (χ2v) is 4.58. The molecule has 0 radical (unpaired) electrons. The molecule has 0 saturated heterocycles. The summed E-state index contributed by atoms with van der Waals surface area (Å²) in [5, 5.41) is 20.7. The van der Waals surface area contributed by atoms with E-state index in [0.717, 1.165) is 0 Å². The van der Waals surface area contributed by atoms with Gasteiger partial charge in [0.05, 0.1) is 11.0 Å². The molecule has 0 spiro atoms. The molecule has 1 N–H and O–H groups in total. The van der Waals surface area contributed by atoms with Crippen LogP contribution in [0.4, 0.5) is 10.1 Å². The molecule has 0 fully saturated rings. The summed E-state index contributed by atoms with van der Waals surface area (Å²) in [6.07, 6.45) is -0.940. The lowest BCUT2D eigenvalue weighted by Gasteiger charge is -2.14. The highest BCUT2D eigenvalue weighted by Crippen LogP contribution is 2.22. The zero-order valence-corrected chi connectivity index (χ0v) is 11.3. The fraction of sp³-hybridized carbons (Fsp3) is 0.200. The number of nitro benzene ring substituents is 1. The van der Waals surface area contributed by atoms with Crippen molar-refractivity contribution in [3.05, 3.63) is 69.5 Å². The molecular formula is C15H14FNO4. The highest BCUT2D eigenvalue weighted by Gasteiger charge is 2.13. The fourth-order valence-electron chi connectivity index (χ4n) is 1.96. The number of hydrogen-bond acceptors (Lipinski definition) is 4. The van der Waals surface area contributed by atoms with Gasteiger partial charge < -0.3 is 9.84 Å². The Morgan fingerprint density at radius 2 is 2.10 bits per heavy atom. The van der Waals surface area contributed by atoms with Crippen LogP contribution in [0.15, 0.2) is 42.5 Å². The zero-order chi connectivity index (χ0) is 15.4. The van der Waals surface area contributed by atoms with Gasteiger partial charge in [0.1, 0.15) is 24.3 Å². The average molecular weight is 291 g/mol. The third-order valence-corrected chi connectivity index (χ3v) is 3.03. The first-order chi connectivity index (χ1) is 9.97. The van der Waals surface area contributed by atoms with Crippen LogP contribution in [0.25, 0.3) is 0 Å². The van der Waals surface area contributed by atoms with Crippen molar-refractivity contribution in [2.75, 3.05) is 6.61 Å². The van der Waals surface area contributed by atoms with E-state index in [9.17, 15) is 19.6 Å². The van der Waals surface area contributed by atoms with E-state index in [1.54, 1.807) is 13.0 Å². The van der Waals surface area contributed by atoms with E-state index in [-0.39, 0.29) is 18.1 Å². The van der Waals surface area contributed by atoms with Crippen molar-refractivity contribution < 1.29 is 19.2 Å². The Kier molecular flexibility index (Phi) is 4.49. The van der Waals surface area contributed by atoms with Crippen LogP contribution in [-0.2, 0) is 0 Å². The summed E-state index contributed by atoms with van der Waals surface area (Å²) < 4.78 is 18.4. The van der Waals surface area contributed by atoms with Gasteiger partial charge in [-0.1, -0.05) is 12.1 Å². The van der Waals surface area contributed by atoms with E-state index in [1.807, 2.05) is 0 Å². The maximum Gasteiger partial charge on any atom is 0.273 e. The molecular weight excluding hydrogens is 277 g/mol. The Hall–Kier alpha value is -2.47. The van der Waals surface area contributed by atoms with Crippen LogP contribution in [0.2, 0.25) is 0 Å². The summed E-state index contributed by atoms with van der Waals surface area (Å²) in [6, 6.07) is 9.79. The van der Waals surface area contributed by atoms with Crippen LogP contribution in [0.3, 0.4) is 0 Å². The molecule has 21 heavy (non-hydrogen) atoms. The van der Waals surface area contributed by atoms with Crippen LogP contribution in [0.5, 0.6) is 5.75 Å². The van der Waals surface area contributed by atoms with Gasteiger partial charge in [-0.25, -0.2) is 4.39 Å².